The Kier molecular flexibility index (Phi) is 7.47. The van der Waals surface area contributed by atoms with Crippen LogP contribution < -0.4 is 10.9 Å². The number of amides is 1. The summed E-state index contributed by atoms with van der Waals surface area (Å²) in [5.41, 5.74) is 0.811. The Labute approximate surface area is 182 Å². The lowest BCUT2D eigenvalue weighted by atomic mass is 10.2. The number of ether oxygens (including phenoxy) is 1. The van der Waals surface area contributed by atoms with Gasteiger partial charge in [0.05, 0.1) is 21.2 Å². The average Bonchev–Trinajstić information content (AvgIpc) is 2.73. The molecule has 0 aliphatic rings. The van der Waals surface area contributed by atoms with Crippen molar-refractivity contribution in [2.75, 3.05) is 19.0 Å². The van der Waals surface area contributed by atoms with E-state index in [2.05, 4.69) is 10.3 Å². The molecule has 0 aliphatic heterocycles. The van der Waals surface area contributed by atoms with Gasteiger partial charge in [0.2, 0.25) is 5.91 Å². The summed E-state index contributed by atoms with van der Waals surface area (Å²) >= 11 is 6.95. The molecule has 0 saturated carbocycles. The number of hydrogen-bond acceptors (Lipinski definition) is 5. The number of thioether (sulfide) groups is 1. The minimum absolute atomic E-state index is 0.0729. The summed E-state index contributed by atoms with van der Waals surface area (Å²) in [7, 11) is 1.60. The van der Waals surface area contributed by atoms with Crippen LogP contribution in [0.4, 0.5) is 10.1 Å². The largest absolute Gasteiger partial charge is 0.385 e. The van der Waals surface area contributed by atoms with E-state index in [4.69, 9.17) is 16.3 Å². The molecular formula is C21H21ClFN3O3S. The number of hydrogen-bond donors (Lipinski definition) is 1. The van der Waals surface area contributed by atoms with Gasteiger partial charge in [0.1, 0.15) is 5.82 Å². The first-order chi connectivity index (χ1) is 14.4. The quantitative estimate of drug-likeness (QED) is 0.314. The molecule has 158 valence electrons. The highest BCUT2D eigenvalue weighted by molar-refractivity contribution is 8.00. The lowest BCUT2D eigenvalue weighted by molar-refractivity contribution is -0.115. The number of para-hydroxylation sites is 1. The molecule has 3 rings (SSSR count). The van der Waals surface area contributed by atoms with Crippen molar-refractivity contribution < 1.29 is 13.9 Å². The highest BCUT2D eigenvalue weighted by atomic mass is 35.5. The molecule has 2 aromatic carbocycles. The van der Waals surface area contributed by atoms with Crippen LogP contribution in [0.3, 0.4) is 0 Å². The van der Waals surface area contributed by atoms with Crippen molar-refractivity contribution in [1.29, 1.82) is 0 Å². The van der Waals surface area contributed by atoms with Gasteiger partial charge in [-0.2, -0.15) is 0 Å². The molecule has 1 N–H and O–H groups in total. The van der Waals surface area contributed by atoms with Gasteiger partial charge in [0.15, 0.2) is 5.16 Å². The summed E-state index contributed by atoms with van der Waals surface area (Å²) in [5.74, 6) is -0.869. The first-order valence-corrected chi connectivity index (χ1v) is 10.6. The van der Waals surface area contributed by atoms with E-state index in [1.165, 1.54) is 30.0 Å². The van der Waals surface area contributed by atoms with Crippen molar-refractivity contribution >= 4 is 45.9 Å². The maximum atomic E-state index is 13.3. The molecule has 1 heterocycles. The minimum Gasteiger partial charge on any atom is -0.385 e. The van der Waals surface area contributed by atoms with Crippen LogP contribution in [-0.2, 0) is 16.1 Å². The number of fused-ring (bicyclic) bond motifs is 1. The molecule has 1 amide bonds. The smallest absolute Gasteiger partial charge is 0.262 e. The average molecular weight is 450 g/mol. The molecule has 1 unspecified atom stereocenters. The number of carbonyl (C=O) groups is 1. The molecule has 3 aromatic rings. The molecule has 0 radical (unpaired) electrons. The van der Waals surface area contributed by atoms with Gasteiger partial charge < -0.3 is 10.1 Å². The third kappa shape index (κ3) is 5.19. The predicted octanol–water partition coefficient (Wildman–Crippen LogP) is 4.34. The van der Waals surface area contributed by atoms with Crippen molar-refractivity contribution in [3.8, 4) is 0 Å². The maximum Gasteiger partial charge on any atom is 0.262 e. The van der Waals surface area contributed by atoms with Crippen LogP contribution >= 0.6 is 23.4 Å². The number of halogens is 2. The molecule has 0 saturated heterocycles. The van der Waals surface area contributed by atoms with E-state index in [0.717, 1.165) is 0 Å². The van der Waals surface area contributed by atoms with Gasteiger partial charge in [-0.05, 0) is 43.7 Å². The van der Waals surface area contributed by atoms with E-state index < -0.39 is 11.1 Å². The summed E-state index contributed by atoms with van der Waals surface area (Å²) in [6.45, 7) is 2.64. The van der Waals surface area contributed by atoms with Gasteiger partial charge in [-0.3, -0.25) is 14.2 Å². The number of nitrogens with one attached hydrogen (secondary N) is 1. The van der Waals surface area contributed by atoms with Crippen molar-refractivity contribution in [3.63, 3.8) is 0 Å². The minimum atomic E-state index is -0.560. The van der Waals surface area contributed by atoms with Gasteiger partial charge in [0.25, 0.3) is 5.56 Å². The Bertz CT molecular complexity index is 1120. The Morgan fingerprint density at radius 1 is 1.33 bits per heavy atom. The Balaban J connectivity index is 1.85. The zero-order chi connectivity index (χ0) is 21.7. The fourth-order valence-corrected chi connectivity index (χ4v) is 3.95. The molecular weight excluding hydrogens is 429 g/mol. The SMILES string of the molecule is COCCCn1c(SC(C)C(=O)Nc2ccc(F)c(Cl)c2)nc2ccccc2c1=O. The van der Waals surface area contributed by atoms with Crippen LogP contribution in [0.2, 0.25) is 5.02 Å². The van der Waals surface area contributed by atoms with Crippen LogP contribution in [0.1, 0.15) is 13.3 Å². The van der Waals surface area contributed by atoms with Crippen LogP contribution in [0.5, 0.6) is 0 Å². The fourth-order valence-electron chi connectivity index (χ4n) is 2.83. The van der Waals surface area contributed by atoms with Crippen molar-refractivity contribution in [1.82, 2.24) is 9.55 Å². The first kappa shape index (κ1) is 22.3. The second kappa shape index (κ2) is 10.1. The third-order valence-corrected chi connectivity index (χ3v) is 5.78. The normalized spacial score (nSPS) is 12.1. The molecule has 0 bridgehead atoms. The number of methoxy groups -OCH3 is 1. The van der Waals surface area contributed by atoms with Crippen molar-refractivity contribution in [2.45, 2.75) is 30.3 Å². The van der Waals surface area contributed by atoms with Crippen molar-refractivity contribution in [3.05, 3.63) is 63.7 Å². The standard InChI is InChI=1S/C21H21ClFN3O3S/c1-13(19(27)24-14-8-9-17(23)16(22)12-14)30-21-25-18-7-4-3-6-15(18)20(28)26(21)10-5-11-29-2/h3-4,6-9,12-13H,5,10-11H2,1-2H3,(H,24,27). The number of benzene rings is 2. The molecule has 0 fully saturated rings. The molecule has 30 heavy (non-hydrogen) atoms. The number of anilines is 1. The molecule has 0 spiro atoms. The van der Waals surface area contributed by atoms with Crippen LogP contribution in [-0.4, -0.2) is 34.4 Å². The zero-order valence-electron chi connectivity index (χ0n) is 16.5. The molecule has 1 atom stereocenters. The second-order valence-electron chi connectivity index (χ2n) is 6.59. The van der Waals surface area contributed by atoms with Gasteiger partial charge >= 0.3 is 0 Å². The molecule has 9 heteroatoms. The highest BCUT2D eigenvalue weighted by Crippen LogP contribution is 2.25. The summed E-state index contributed by atoms with van der Waals surface area (Å²) in [5, 5.41) is 3.05. The highest BCUT2D eigenvalue weighted by Gasteiger charge is 2.20. The number of aromatic nitrogens is 2. The molecule has 6 nitrogen and oxygen atoms in total. The summed E-state index contributed by atoms with van der Waals surface area (Å²) in [6.07, 6.45) is 0.638. The lowest BCUT2D eigenvalue weighted by Gasteiger charge is -2.16. The lowest BCUT2D eigenvalue weighted by Crippen LogP contribution is -2.27. The number of carbonyl (C=O) groups excluding carboxylic acids is 1. The fraction of sp³-hybridized carbons (Fsp3) is 0.286. The van der Waals surface area contributed by atoms with Crippen LogP contribution in [0, 0.1) is 5.82 Å². The topological polar surface area (TPSA) is 73.2 Å². The van der Waals surface area contributed by atoms with Gasteiger partial charge in [-0.25, -0.2) is 9.37 Å². The number of nitrogens with zero attached hydrogens (tertiary/aromatic N) is 2. The number of rotatable bonds is 8. The maximum absolute atomic E-state index is 13.3. The first-order valence-electron chi connectivity index (χ1n) is 9.32. The predicted molar refractivity (Wildman–Crippen MR) is 118 cm³/mol. The summed E-state index contributed by atoms with van der Waals surface area (Å²) in [6, 6.07) is 11.1. The molecule has 1 aromatic heterocycles. The van der Waals surface area contributed by atoms with Gasteiger partial charge in [0, 0.05) is 25.9 Å². The van der Waals surface area contributed by atoms with Crippen LogP contribution in [0.25, 0.3) is 10.9 Å². The van der Waals surface area contributed by atoms with E-state index in [0.29, 0.717) is 41.3 Å². The Hall–Kier alpha value is -2.42. The van der Waals surface area contributed by atoms with E-state index in [1.807, 2.05) is 6.07 Å². The van der Waals surface area contributed by atoms with Gasteiger partial charge in [-0.15, -0.1) is 0 Å². The van der Waals surface area contributed by atoms with Crippen LogP contribution in [0.15, 0.2) is 52.4 Å². The Morgan fingerprint density at radius 2 is 2.10 bits per heavy atom. The summed E-state index contributed by atoms with van der Waals surface area (Å²) in [4.78, 5) is 30.2. The van der Waals surface area contributed by atoms with E-state index >= 15 is 0 Å². The second-order valence-corrected chi connectivity index (χ2v) is 8.31. The van der Waals surface area contributed by atoms with E-state index in [-0.39, 0.29) is 16.5 Å². The summed E-state index contributed by atoms with van der Waals surface area (Å²) < 4.78 is 20.0. The van der Waals surface area contributed by atoms with E-state index in [9.17, 15) is 14.0 Å². The Morgan fingerprint density at radius 3 is 2.83 bits per heavy atom. The molecule has 0 aliphatic carbocycles. The third-order valence-electron chi connectivity index (χ3n) is 4.40. The monoisotopic (exact) mass is 449 g/mol. The zero-order valence-corrected chi connectivity index (χ0v) is 18.1. The van der Waals surface area contributed by atoms with Gasteiger partial charge in [-0.1, -0.05) is 35.5 Å². The van der Waals surface area contributed by atoms with E-state index in [1.54, 1.807) is 36.8 Å². The van der Waals surface area contributed by atoms with Crippen molar-refractivity contribution in [2.24, 2.45) is 0 Å².